The van der Waals surface area contributed by atoms with E-state index in [4.69, 9.17) is 5.11 Å². The molecule has 2 N–H and O–H groups in total. The van der Waals surface area contributed by atoms with Crippen LogP contribution in [-0.2, 0) is 11.8 Å². The minimum atomic E-state index is -0.944. The van der Waals surface area contributed by atoms with Crippen molar-refractivity contribution < 1.29 is 14.7 Å². The average molecular weight is 304 g/mol. The van der Waals surface area contributed by atoms with E-state index in [1.807, 2.05) is 13.8 Å². The van der Waals surface area contributed by atoms with Crippen LogP contribution in [0.1, 0.15) is 37.6 Å². The molecule has 118 valence electrons. The number of amides is 1. The number of nitrogens with one attached hydrogen (secondary N) is 1. The summed E-state index contributed by atoms with van der Waals surface area (Å²) in [5, 5.41) is 19.8. The second kappa shape index (κ2) is 5.75. The molecule has 2 aromatic rings. The quantitative estimate of drug-likeness (QED) is 0.874. The van der Waals surface area contributed by atoms with Crippen molar-refractivity contribution in [1.29, 1.82) is 0 Å². The highest BCUT2D eigenvalue weighted by molar-refractivity contribution is 5.97. The van der Waals surface area contributed by atoms with Gasteiger partial charge in [-0.1, -0.05) is 19.1 Å². The van der Waals surface area contributed by atoms with E-state index >= 15 is 0 Å². The molecule has 0 fully saturated rings. The van der Waals surface area contributed by atoms with Gasteiger partial charge in [0.15, 0.2) is 0 Å². The molecular weight excluding hydrogens is 284 g/mol. The summed E-state index contributed by atoms with van der Waals surface area (Å²) in [7, 11) is 1.78. The average Bonchev–Trinajstić information content (AvgIpc) is 2.78. The summed E-state index contributed by atoms with van der Waals surface area (Å²) in [4.78, 5) is 23.5. The minimum absolute atomic E-state index is 0.0206. The number of carboxylic acid groups (broad SMARTS) is 1. The molecule has 7 heteroatoms. The van der Waals surface area contributed by atoms with Crippen LogP contribution in [0.5, 0.6) is 0 Å². The summed E-state index contributed by atoms with van der Waals surface area (Å²) in [6, 6.07) is 5.11. The Morgan fingerprint density at radius 2 is 2.09 bits per heavy atom. The summed E-state index contributed by atoms with van der Waals surface area (Å²) in [5.41, 5.74) is 1.07. The highest BCUT2D eigenvalue weighted by Crippen LogP contribution is 2.22. The zero-order chi connectivity index (χ0) is 16.5. The highest BCUT2D eigenvalue weighted by Gasteiger charge is 2.33. The third-order valence-electron chi connectivity index (χ3n) is 4.06. The van der Waals surface area contributed by atoms with Gasteiger partial charge in [-0.05, 0) is 31.0 Å². The van der Waals surface area contributed by atoms with Crippen molar-refractivity contribution in [2.75, 3.05) is 0 Å². The van der Waals surface area contributed by atoms with E-state index in [0.717, 1.165) is 5.52 Å². The van der Waals surface area contributed by atoms with Crippen LogP contribution in [0.2, 0.25) is 0 Å². The molecule has 7 nitrogen and oxygen atoms in total. The molecule has 1 atom stereocenters. The zero-order valence-corrected chi connectivity index (χ0v) is 13.1. The Morgan fingerprint density at radius 1 is 1.41 bits per heavy atom. The third-order valence-corrected chi connectivity index (χ3v) is 4.06. The van der Waals surface area contributed by atoms with Gasteiger partial charge in [0.1, 0.15) is 5.52 Å². The largest absolute Gasteiger partial charge is 0.481 e. The van der Waals surface area contributed by atoms with Gasteiger partial charge in [0.25, 0.3) is 5.91 Å². The molecule has 1 aromatic heterocycles. The number of hydrogen-bond donors (Lipinski definition) is 2. The number of hydrogen-bond acceptors (Lipinski definition) is 4. The van der Waals surface area contributed by atoms with Gasteiger partial charge in [-0.15, -0.1) is 5.10 Å². The topological polar surface area (TPSA) is 97.1 Å². The van der Waals surface area contributed by atoms with Crippen molar-refractivity contribution in [3.63, 3.8) is 0 Å². The lowest BCUT2D eigenvalue weighted by Gasteiger charge is -2.33. The van der Waals surface area contributed by atoms with Crippen molar-refractivity contribution in [3.05, 3.63) is 23.8 Å². The molecule has 1 amide bonds. The SMILES string of the molecule is CC(C)C(C)(CC(=O)O)NC(=O)c1ccc2c(c1)nnn2C. The first-order chi connectivity index (χ1) is 10.2. The second-order valence-corrected chi connectivity index (χ2v) is 6.01. The van der Waals surface area contributed by atoms with Crippen molar-refractivity contribution in [1.82, 2.24) is 20.3 Å². The molecule has 1 aromatic carbocycles. The van der Waals surface area contributed by atoms with Gasteiger partial charge in [-0.2, -0.15) is 0 Å². The standard InChI is InChI=1S/C15H20N4O3/c1-9(2)15(3,8-13(20)21)16-14(22)10-5-6-12-11(7-10)17-18-19(12)4/h5-7,9H,8H2,1-4H3,(H,16,22)(H,20,21). The van der Waals surface area contributed by atoms with E-state index in [9.17, 15) is 9.59 Å². The molecule has 0 aliphatic carbocycles. The zero-order valence-electron chi connectivity index (χ0n) is 13.1. The highest BCUT2D eigenvalue weighted by atomic mass is 16.4. The van der Waals surface area contributed by atoms with Crippen LogP contribution in [0, 0.1) is 5.92 Å². The number of aliphatic carboxylic acids is 1. The summed E-state index contributed by atoms with van der Waals surface area (Å²) in [6.45, 7) is 5.51. The Balaban J connectivity index is 2.26. The third kappa shape index (κ3) is 3.08. The maximum atomic E-state index is 12.4. The Morgan fingerprint density at radius 3 is 2.68 bits per heavy atom. The van der Waals surface area contributed by atoms with Gasteiger partial charge in [0.05, 0.1) is 17.5 Å². The first-order valence-electron chi connectivity index (χ1n) is 7.06. The number of carbonyl (C=O) groups excluding carboxylic acids is 1. The van der Waals surface area contributed by atoms with Crippen molar-refractivity contribution in [3.8, 4) is 0 Å². The molecule has 0 radical (unpaired) electrons. The molecule has 0 aliphatic heterocycles. The number of aromatic nitrogens is 3. The fourth-order valence-electron chi connectivity index (χ4n) is 2.22. The number of carbonyl (C=O) groups is 2. The first-order valence-corrected chi connectivity index (χ1v) is 7.06. The Bertz CT molecular complexity index is 723. The number of rotatable bonds is 5. The van der Waals surface area contributed by atoms with Crippen LogP contribution in [0.4, 0.5) is 0 Å². The number of fused-ring (bicyclic) bond motifs is 1. The molecule has 0 spiro atoms. The van der Waals surface area contributed by atoms with Crippen LogP contribution >= 0.6 is 0 Å². The summed E-state index contributed by atoms with van der Waals surface area (Å²) >= 11 is 0. The normalized spacial score (nSPS) is 14.0. The van der Waals surface area contributed by atoms with Gasteiger partial charge in [0.2, 0.25) is 0 Å². The maximum absolute atomic E-state index is 12.4. The number of benzene rings is 1. The van der Waals surface area contributed by atoms with E-state index in [1.165, 1.54) is 0 Å². The van der Waals surface area contributed by atoms with Gasteiger partial charge < -0.3 is 10.4 Å². The van der Waals surface area contributed by atoms with Crippen molar-refractivity contribution >= 4 is 22.9 Å². The van der Waals surface area contributed by atoms with E-state index < -0.39 is 11.5 Å². The van der Waals surface area contributed by atoms with Crippen LogP contribution < -0.4 is 5.32 Å². The van der Waals surface area contributed by atoms with Crippen LogP contribution in [0.3, 0.4) is 0 Å². The van der Waals surface area contributed by atoms with E-state index in [1.54, 1.807) is 36.9 Å². The van der Waals surface area contributed by atoms with E-state index in [2.05, 4.69) is 15.6 Å². The monoisotopic (exact) mass is 304 g/mol. The van der Waals surface area contributed by atoms with Crippen LogP contribution in [0.25, 0.3) is 11.0 Å². The predicted octanol–water partition coefficient (Wildman–Crippen LogP) is 1.59. The van der Waals surface area contributed by atoms with Crippen molar-refractivity contribution in [2.24, 2.45) is 13.0 Å². The maximum Gasteiger partial charge on any atom is 0.305 e. The van der Waals surface area contributed by atoms with E-state index in [0.29, 0.717) is 11.1 Å². The van der Waals surface area contributed by atoms with Crippen LogP contribution in [-0.4, -0.2) is 37.5 Å². The summed E-state index contributed by atoms with van der Waals surface area (Å²) in [6.07, 6.45) is -0.135. The second-order valence-electron chi connectivity index (χ2n) is 6.01. The lowest BCUT2D eigenvalue weighted by atomic mass is 9.85. The molecular formula is C15H20N4O3. The summed E-state index contributed by atoms with van der Waals surface area (Å²) < 4.78 is 1.62. The molecule has 22 heavy (non-hydrogen) atoms. The minimum Gasteiger partial charge on any atom is -0.481 e. The Labute approximate surface area is 128 Å². The van der Waals surface area contributed by atoms with Gasteiger partial charge in [0, 0.05) is 12.6 Å². The lowest BCUT2D eigenvalue weighted by molar-refractivity contribution is -0.138. The van der Waals surface area contributed by atoms with Gasteiger partial charge >= 0.3 is 5.97 Å². The Hall–Kier alpha value is -2.44. The van der Waals surface area contributed by atoms with Gasteiger partial charge in [-0.3, -0.25) is 9.59 Å². The Kier molecular flexibility index (Phi) is 4.16. The molecule has 0 saturated carbocycles. The van der Waals surface area contributed by atoms with Crippen molar-refractivity contribution in [2.45, 2.75) is 32.7 Å². The smallest absolute Gasteiger partial charge is 0.305 e. The molecule has 0 aliphatic rings. The molecule has 0 bridgehead atoms. The van der Waals surface area contributed by atoms with Gasteiger partial charge in [-0.25, -0.2) is 4.68 Å². The molecule has 1 unspecified atom stereocenters. The predicted molar refractivity (Wildman–Crippen MR) is 81.5 cm³/mol. The molecule has 0 saturated heterocycles. The number of aryl methyl sites for hydroxylation is 1. The number of nitrogens with zero attached hydrogens (tertiary/aromatic N) is 3. The number of carboxylic acids is 1. The fourth-order valence-corrected chi connectivity index (χ4v) is 2.22. The lowest BCUT2D eigenvalue weighted by Crippen LogP contribution is -2.51. The summed E-state index contributed by atoms with van der Waals surface area (Å²) in [5.74, 6) is -1.28. The first kappa shape index (κ1) is 15.9. The van der Waals surface area contributed by atoms with Crippen LogP contribution in [0.15, 0.2) is 18.2 Å². The molecule has 2 rings (SSSR count). The molecule has 1 heterocycles. The fraction of sp³-hybridized carbons (Fsp3) is 0.467. The van der Waals surface area contributed by atoms with E-state index in [-0.39, 0.29) is 18.2 Å².